The van der Waals surface area contributed by atoms with Crippen LogP contribution in [-0.2, 0) is 4.74 Å². The predicted octanol–water partition coefficient (Wildman–Crippen LogP) is 2.78. The van der Waals surface area contributed by atoms with Gasteiger partial charge in [-0.3, -0.25) is 4.79 Å². The minimum absolute atomic E-state index is 0.0295. The Kier molecular flexibility index (Phi) is 3.52. The van der Waals surface area contributed by atoms with E-state index in [-0.39, 0.29) is 17.6 Å². The van der Waals surface area contributed by atoms with Crippen LogP contribution in [0.25, 0.3) is 10.9 Å². The molecule has 0 atom stereocenters. The quantitative estimate of drug-likeness (QED) is 0.868. The van der Waals surface area contributed by atoms with Gasteiger partial charge in [0.15, 0.2) is 0 Å². The second-order valence-electron chi connectivity index (χ2n) is 3.90. The van der Waals surface area contributed by atoms with Crippen molar-refractivity contribution in [1.82, 2.24) is 4.98 Å². The van der Waals surface area contributed by atoms with Crippen molar-refractivity contribution in [2.75, 3.05) is 6.61 Å². The third-order valence-electron chi connectivity index (χ3n) is 2.65. The minimum Gasteiger partial charge on any atom is -0.462 e. The molecule has 0 radical (unpaired) electrons. The van der Waals surface area contributed by atoms with Crippen molar-refractivity contribution in [3.05, 3.63) is 44.2 Å². The molecule has 0 aliphatic rings. The standard InChI is InChI=1S/C13H12BrNO3/c1-3-18-13(17)10-6-15-11-7(2)4-8(14)5-9(11)12(10)16/h4-6H,3H2,1-2H3,(H,15,16). The van der Waals surface area contributed by atoms with Gasteiger partial charge < -0.3 is 9.72 Å². The Morgan fingerprint density at radius 1 is 1.44 bits per heavy atom. The molecule has 18 heavy (non-hydrogen) atoms. The van der Waals surface area contributed by atoms with E-state index in [4.69, 9.17) is 4.74 Å². The van der Waals surface area contributed by atoms with Gasteiger partial charge in [-0.05, 0) is 31.5 Å². The lowest BCUT2D eigenvalue weighted by Crippen LogP contribution is -2.18. The molecule has 0 spiro atoms. The number of halogens is 1. The number of aromatic amines is 1. The molecule has 0 aliphatic heterocycles. The number of esters is 1. The fourth-order valence-corrected chi connectivity index (χ4v) is 2.40. The number of pyridine rings is 1. The maximum Gasteiger partial charge on any atom is 0.343 e. The first kappa shape index (κ1) is 12.8. The topological polar surface area (TPSA) is 59.2 Å². The Morgan fingerprint density at radius 3 is 2.83 bits per heavy atom. The maximum atomic E-state index is 12.2. The summed E-state index contributed by atoms with van der Waals surface area (Å²) in [5, 5.41) is 0.479. The van der Waals surface area contributed by atoms with E-state index < -0.39 is 5.97 Å². The molecule has 0 saturated carbocycles. The van der Waals surface area contributed by atoms with Gasteiger partial charge in [0, 0.05) is 16.1 Å². The zero-order chi connectivity index (χ0) is 13.3. The number of rotatable bonds is 2. The summed E-state index contributed by atoms with van der Waals surface area (Å²) >= 11 is 3.34. The number of carbonyl (C=O) groups excluding carboxylic acids is 1. The van der Waals surface area contributed by atoms with Crippen LogP contribution in [0.4, 0.5) is 0 Å². The maximum absolute atomic E-state index is 12.2. The van der Waals surface area contributed by atoms with Crippen molar-refractivity contribution in [1.29, 1.82) is 0 Å². The Hall–Kier alpha value is -1.62. The summed E-state index contributed by atoms with van der Waals surface area (Å²) in [4.78, 5) is 26.8. The summed E-state index contributed by atoms with van der Waals surface area (Å²) in [6, 6.07) is 3.60. The van der Waals surface area contributed by atoms with Crippen molar-refractivity contribution in [2.45, 2.75) is 13.8 Å². The lowest BCUT2D eigenvalue weighted by molar-refractivity contribution is 0.0524. The molecule has 0 unspecified atom stereocenters. The van der Waals surface area contributed by atoms with Crippen molar-refractivity contribution in [2.24, 2.45) is 0 Å². The van der Waals surface area contributed by atoms with E-state index in [2.05, 4.69) is 20.9 Å². The van der Waals surface area contributed by atoms with Gasteiger partial charge in [0.2, 0.25) is 5.43 Å². The van der Waals surface area contributed by atoms with E-state index in [1.54, 1.807) is 13.0 Å². The van der Waals surface area contributed by atoms with Gasteiger partial charge in [-0.2, -0.15) is 0 Å². The fourth-order valence-electron chi connectivity index (χ4n) is 1.83. The van der Waals surface area contributed by atoms with Crippen LogP contribution in [0.15, 0.2) is 27.6 Å². The predicted molar refractivity (Wildman–Crippen MR) is 73.0 cm³/mol. The number of aryl methyl sites for hydroxylation is 1. The van der Waals surface area contributed by atoms with Crippen molar-refractivity contribution >= 4 is 32.8 Å². The van der Waals surface area contributed by atoms with E-state index >= 15 is 0 Å². The van der Waals surface area contributed by atoms with Crippen LogP contribution in [0.1, 0.15) is 22.8 Å². The number of ether oxygens (including phenoxy) is 1. The van der Waals surface area contributed by atoms with Crippen LogP contribution in [0, 0.1) is 6.92 Å². The number of aromatic nitrogens is 1. The normalized spacial score (nSPS) is 10.6. The molecule has 5 heteroatoms. The SMILES string of the molecule is CCOC(=O)c1c[nH]c2c(C)cc(Br)cc2c1=O. The van der Waals surface area contributed by atoms with Crippen LogP contribution in [0.5, 0.6) is 0 Å². The van der Waals surface area contributed by atoms with Crippen LogP contribution in [-0.4, -0.2) is 17.6 Å². The highest BCUT2D eigenvalue weighted by Crippen LogP contribution is 2.20. The Bertz CT molecular complexity index is 676. The van der Waals surface area contributed by atoms with Gasteiger partial charge in [0.1, 0.15) is 5.56 Å². The van der Waals surface area contributed by atoms with Gasteiger partial charge in [0.25, 0.3) is 0 Å². The van der Waals surface area contributed by atoms with Crippen LogP contribution in [0.2, 0.25) is 0 Å². The smallest absolute Gasteiger partial charge is 0.343 e. The number of benzene rings is 1. The lowest BCUT2D eigenvalue weighted by atomic mass is 10.1. The molecular weight excluding hydrogens is 298 g/mol. The zero-order valence-electron chi connectivity index (χ0n) is 10.0. The van der Waals surface area contributed by atoms with Crippen molar-refractivity contribution in [3.63, 3.8) is 0 Å². The van der Waals surface area contributed by atoms with E-state index in [0.717, 1.165) is 15.6 Å². The number of carbonyl (C=O) groups is 1. The Labute approximate surface area is 112 Å². The summed E-state index contributed by atoms with van der Waals surface area (Å²) in [5.74, 6) is -0.599. The highest BCUT2D eigenvalue weighted by molar-refractivity contribution is 9.10. The third kappa shape index (κ3) is 2.18. The van der Waals surface area contributed by atoms with Gasteiger partial charge in [-0.1, -0.05) is 15.9 Å². The Morgan fingerprint density at radius 2 is 2.17 bits per heavy atom. The van der Waals surface area contributed by atoms with Gasteiger partial charge >= 0.3 is 5.97 Å². The van der Waals surface area contributed by atoms with Crippen molar-refractivity contribution < 1.29 is 9.53 Å². The van der Waals surface area contributed by atoms with Crippen LogP contribution in [0.3, 0.4) is 0 Å². The lowest BCUT2D eigenvalue weighted by Gasteiger charge is -2.06. The van der Waals surface area contributed by atoms with Crippen molar-refractivity contribution in [3.8, 4) is 0 Å². The molecule has 2 aromatic rings. The van der Waals surface area contributed by atoms with E-state index in [1.165, 1.54) is 6.20 Å². The monoisotopic (exact) mass is 309 g/mol. The van der Waals surface area contributed by atoms with E-state index in [9.17, 15) is 9.59 Å². The zero-order valence-corrected chi connectivity index (χ0v) is 11.6. The van der Waals surface area contributed by atoms with Gasteiger partial charge in [0.05, 0.1) is 12.1 Å². The van der Waals surface area contributed by atoms with E-state index in [0.29, 0.717) is 5.39 Å². The molecule has 94 valence electrons. The van der Waals surface area contributed by atoms with Gasteiger partial charge in [-0.25, -0.2) is 4.79 Å². The van der Waals surface area contributed by atoms with Crippen LogP contribution < -0.4 is 5.43 Å². The molecule has 0 bridgehead atoms. The van der Waals surface area contributed by atoms with Gasteiger partial charge in [-0.15, -0.1) is 0 Å². The summed E-state index contributed by atoms with van der Waals surface area (Å²) < 4.78 is 5.65. The molecule has 1 aromatic heterocycles. The first-order valence-electron chi connectivity index (χ1n) is 5.53. The average Bonchev–Trinajstić information content (AvgIpc) is 2.30. The second-order valence-corrected chi connectivity index (χ2v) is 4.81. The second kappa shape index (κ2) is 4.94. The molecule has 0 saturated heterocycles. The molecule has 1 heterocycles. The Balaban J connectivity index is 2.71. The third-order valence-corrected chi connectivity index (χ3v) is 3.10. The summed E-state index contributed by atoms with van der Waals surface area (Å²) in [6.45, 7) is 3.84. The summed E-state index contributed by atoms with van der Waals surface area (Å²) in [7, 11) is 0. The molecule has 1 aromatic carbocycles. The summed E-state index contributed by atoms with van der Waals surface area (Å²) in [6.07, 6.45) is 1.41. The first-order chi connectivity index (χ1) is 8.54. The molecule has 2 rings (SSSR count). The highest BCUT2D eigenvalue weighted by atomic mass is 79.9. The van der Waals surface area contributed by atoms with Crippen LogP contribution >= 0.6 is 15.9 Å². The first-order valence-corrected chi connectivity index (χ1v) is 6.32. The number of hydrogen-bond acceptors (Lipinski definition) is 3. The molecule has 0 amide bonds. The highest BCUT2D eigenvalue weighted by Gasteiger charge is 2.14. The number of hydrogen-bond donors (Lipinski definition) is 1. The fraction of sp³-hybridized carbons (Fsp3) is 0.231. The molecule has 0 fully saturated rings. The summed E-state index contributed by atoms with van der Waals surface area (Å²) in [5.41, 5.74) is 1.39. The largest absolute Gasteiger partial charge is 0.462 e. The average molecular weight is 310 g/mol. The molecule has 4 nitrogen and oxygen atoms in total. The number of fused-ring (bicyclic) bond motifs is 1. The molecule has 0 aliphatic carbocycles. The number of H-pyrrole nitrogens is 1. The molecular formula is C13H12BrNO3. The molecule has 1 N–H and O–H groups in total. The van der Waals surface area contributed by atoms with E-state index in [1.807, 2.05) is 13.0 Å². The number of nitrogens with one attached hydrogen (secondary N) is 1. The minimum atomic E-state index is -0.599.